The molecule has 1 saturated heterocycles. The molecular weight excluding hydrogens is 340 g/mol. The Morgan fingerprint density at radius 2 is 2.07 bits per heavy atom. The van der Waals surface area contributed by atoms with Gasteiger partial charge in [-0.15, -0.1) is 0 Å². The van der Waals surface area contributed by atoms with Crippen LogP contribution in [0.15, 0.2) is 48.5 Å². The minimum absolute atomic E-state index is 0.0534. The highest BCUT2D eigenvalue weighted by molar-refractivity contribution is 5.82. The van der Waals surface area contributed by atoms with Crippen molar-refractivity contribution in [1.29, 1.82) is 5.26 Å². The van der Waals surface area contributed by atoms with Gasteiger partial charge in [-0.3, -0.25) is 4.79 Å². The monoisotopic (exact) mass is 360 g/mol. The second-order valence-corrected chi connectivity index (χ2v) is 6.73. The molecule has 6 nitrogen and oxygen atoms in total. The van der Waals surface area contributed by atoms with Crippen LogP contribution in [0.3, 0.4) is 0 Å². The highest BCUT2D eigenvalue weighted by Gasteiger charge is 2.35. The summed E-state index contributed by atoms with van der Waals surface area (Å²) in [6, 6.07) is 16.7. The third-order valence-corrected chi connectivity index (χ3v) is 4.90. The lowest BCUT2D eigenvalue weighted by Crippen LogP contribution is -2.40. The summed E-state index contributed by atoms with van der Waals surface area (Å²) in [5, 5.41) is 8.87. The number of rotatable bonds is 4. The highest BCUT2D eigenvalue weighted by atomic mass is 16.5. The summed E-state index contributed by atoms with van der Waals surface area (Å²) in [6.07, 6.45) is 1.22. The fourth-order valence-corrected chi connectivity index (χ4v) is 3.54. The molecule has 1 amide bonds. The Hall–Kier alpha value is -3.33. The zero-order chi connectivity index (χ0) is 18.8. The van der Waals surface area contributed by atoms with Crippen molar-refractivity contribution in [3.05, 3.63) is 59.9 Å². The van der Waals surface area contributed by atoms with Crippen LogP contribution in [0.25, 0.3) is 11.0 Å². The fraction of sp³-hybridized carbons (Fsp3) is 0.286. The number of nitrogens with zero attached hydrogens (tertiary/aromatic N) is 3. The van der Waals surface area contributed by atoms with Crippen LogP contribution in [0.5, 0.6) is 5.75 Å². The van der Waals surface area contributed by atoms with E-state index < -0.39 is 6.10 Å². The Balaban J connectivity index is 1.50. The van der Waals surface area contributed by atoms with E-state index in [0.717, 1.165) is 29.7 Å². The van der Waals surface area contributed by atoms with E-state index in [4.69, 9.17) is 10.00 Å². The predicted octanol–water partition coefficient (Wildman–Crippen LogP) is 3.57. The van der Waals surface area contributed by atoms with Gasteiger partial charge in [0.05, 0.1) is 28.7 Å². The van der Waals surface area contributed by atoms with Crippen LogP contribution in [0.2, 0.25) is 0 Å². The lowest BCUT2D eigenvalue weighted by molar-refractivity contribution is -0.139. The summed E-state index contributed by atoms with van der Waals surface area (Å²) >= 11 is 0. The molecule has 27 heavy (non-hydrogen) atoms. The number of ether oxygens (including phenoxy) is 1. The van der Waals surface area contributed by atoms with E-state index in [9.17, 15) is 4.79 Å². The molecule has 0 spiro atoms. The van der Waals surface area contributed by atoms with E-state index in [1.807, 2.05) is 29.2 Å². The van der Waals surface area contributed by atoms with Gasteiger partial charge in [0.1, 0.15) is 11.6 Å². The maximum absolute atomic E-state index is 13.0. The number of hydrogen-bond donors (Lipinski definition) is 1. The zero-order valence-corrected chi connectivity index (χ0v) is 15.1. The van der Waals surface area contributed by atoms with Crippen molar-refractivity contribution < 1.29 is 9.53 Å². The predicted molar refractivity (Wildman–Crippen MR) is 101 cm³/mol. The van der Waals surface area contributed by atoms with Crippen LogP contribution in [0.1, 0.15) is 37.2 Å². The number of hydrogen-bond acceptors (Lipinski definition) is 4. The van der Waals surface area contributed by atoms with Crippen molar-refractivity contribution in [2.24, 2.45) is 0 Å². The van der Waals surface area contributed by atoms with E-state index in [-0.39, 0.29) is 11.9 Å². The molecule has 3 aromatic rings. The Labute approximate surface area is 157 Å². The summed E-state index contributed by atoms with van der Waals surface area (Å²) < 4.78 is 5.80. The molecular formula is C21H20N4O2. The molecule has 6 heteroatoms. The molecule has 2 heterocycles. The average Bonchev–Trinajstić information content (AvgIpc) is 3.34. The van der Waals surface area contributed by atoms with Gasteiger partial charge in [-0.2, -0.15) is 5.26 Å². The number of amides is 1. The van der Waals surface area contributed by atoms with E-state index in [1.165, 1.54) is 0 Å². The second-order valence-electron chi connectivity index (χ2n) is 6.73. The number of benzene rings is 2. The number of H-pyrrole nitrogens is 1. The molecule has 2 unspecified atom stereocenters. The van der Waals surface area contributed by atoms with Crippen LogP contribution < -0.4 is 4.74 Å². The number of imidazole rings is 1. The zero-order valence-electron chi connectivity index (χ0n) is 15.1. The summed E-state index contributed by atoms with van der Waals surface area (Å²) in [7, 11) is 0. The summed E-state index contributed by atoms with van der Waals surface area (Å²) in [4.78, 5) is 22.8. The van der Waals surface area contributed by atoms with E-state index >= 15 is 0 Å². The maximum Gasteiger partial charge on any atom is 0.263 e. The summed E-state index contributed by atoms with van der Waals surface area (Å²) in [5.41, 5.74) is 2.45. The molecule has 1 N–H and O–H groups in total. The average molecular weight is 360 g/mol. The van der Waals surface area contributed by atoms with Crippen LogP contribution in [-0.2, 0) is 4.79 Å². The van der Waals surface area contributed by atoms with Gasteiger partial charge in [0.15, 0.2) is 6.10 Å². The third kappa shape index (κ3) is 3.36. The first-order chi connectivity index (χ1) is 13.2. The van der Waals surface area contributed by atoms with Crippen molar-refractivity contribution in [3.8, 4) is 11.8 Å². The number of carbonyl (C=O) groups excluding carboxylic acids is 1. The van der Waals surface area contributed by atoms with Crippen LogP contribution in [-0.4, -0.2) is 33.4 Å². The minimum Gasteiger partial charge on any atom is -0.481 e. The number of carbonyl (C=O) groups is 1. The van der Waals surface area contributed by atoms with Crippen molar-refractivity contribution in [1.82, 2.24) is 14.9 Å². The molecule has 1 aromatic heterocycles. The smallest absolute Gasteiger partial charge is 0.263 e. The molecule has 2 aromatic carbocycles. The molecule has 4 rings (SSSR count). The maximum atomic E-state index is 13.0. The van der Waals surface area contributed by atoms with Crippen molar-refractivity contribution in [2.75, 3.05) is 6.54 Å². The van der Waals surface area contributed by atoms with Crippen LogP contribution in [0.4, 0.5) is 0 Å². The number of fused-ring (bicyclic) bond motifs is 1. The lowest BCUT2D eigenvalue weighted by Gasteiger charge is -2.26. The van der Waals surface area contributed by atoms with E-state index in [2.05, 4.69) is 16.0 Å². The van der Waals surface area contributed by atoms with Crippen LogP contribution >= 0.6 is 0 Å². The molecule has 0 radical (unpaired) electrons. The minimum atomic E-state index is -0.608. The molecule has 136 valence electrons. The van der Waals surface area contributed by atoms with Gasteiger partial charge in [-0.05, 0) is 56.2 Å². The second kappa shape index (κ2) is 7.12. The fourth-order valence-electron chi connectivity index (χ4n) is 3.54. The summed E-state index contributed by atoms with van der Waals surface area (Å²) in [6.45, 7) is 2.45. The van der Waals surface area contributed by atoms with Gasteiger partial charge in [0.25, 0.3) is 5.91 Å². The van der Waals surface area contributed by atoms with Gasteiger partial charge in [0.2, 0.25) is 0 Å². The number of aromatic nitrogens is 2. The Morgan fingerprint density at radius 1 is 1.30 bits per heavy atom. The number of aromatic amines is 1. The molecule has 1 aliphatic rings. The van der Waals surface area contributed by atoms with E-state index in [0.29, 0.717) is 17.9 Å². The third-order valence-electron chi connectivity index (χ3n) is 4.90. The van der Waals surface area contributed by atoms with Gasteiger partial charge < -0.3 is 14.6 Å². The Morgan fingerprint density at radius 3 is 2.81 bits per heavy atom. The number of para-hydroxylation sites is 2. The molecule has 1 aliphatic heterocycles. The van der Waals surface area contributed by atoms with Crippen molar-refractivity contribution >= 4 is 16.9 Å². The van der Waals surface area contributed by atoms with Crippen molar-refractivity contribution in [3.63, 3.8) is 0 Å². The van der Waals surface area contributed by atoms with Gasteiger partial charge >= 0.3 is 0 Å². The largest absolute Gasteiger partial charge is 0.481 e. The normalized spacial score (nSPS) is 17.6. The van der Waals surface area contributed by atoms with E-state index in [1.54, 1.807) is 31.2 Å². The first-order valence-electron chi connectivity index (χ1n) is 9.07. The highest BCUT2D eigenvalue weighted by Crippen LogP contribution is 2.32. The molecule has 2 atom stereocenters. The molecule has 1 fully saturated rings. The number of likely N-dealkylation sites (tertiary alicyclic amines) is 1. The SMILES string of the molecule is CC(Oc1ccc(C#N)cc1)C(=O)N1CCCC1c1nc2ccccc2[nH]1. The van der Waals surface area contributed by atoms with Crippen molar-refractivity contribution in [2.45, 2.75) is 31.9 Å². The van der Waals surface area contributed by atoms with Gasteiger partial charge in [0, 0.05) is 6.54 Å². The first-order valence-corrected chi connectivity index (χ1v) is 9.07. The summed E-state index contributed by atoms with van der Waals surface area (Å²) in [5.74, 6) is 1.35. The Kier molecular flexibility index (Phi) is 4.51. The molecule has 0 aliphatic carbocycles. The quantitative estimate of drug-likeness (QED) is 0.771. The molecule has 0 saturated carbocycles. The number of nitriles is 1. The van der Waals surface area contributed by atoms with Gasteiger partial charge in [-0.25, -0.2) is 4.98 Å². The molecule has 0 bridgehead atoms. The standard InChI is InChI=1S/C21H20N4O2/c1-14(27-16-10-8-15(13-22)9-11-16)21(26)25-12-4-7-19(25)20-23-17-5-2-3-6-18(17)24-20/h2-3,5-6,8-11,14,19H,4,7,12H2,1H3,(H,23,24). The first kappa shape index (κ1) is 17.1. The van der Waals surface area contributed by atoms with Crippen LogP contribution in [0, 0.1) is 11.3 Å². The number of nitrogens with one attached hydrogen (secondary N) is 1. The Bertz CT molecular complexity index is 970. The topological polar surface area (TPSA) is 82.0 Å². The lowest BCUT2D eigenvalue weighted by atomic mass is 10.2. The van der Waals surface area contributed by atoms with Gasteiger partial charge in [-0.1, -0.05) is 12.1 Å².